The van der Waals surface area contributed by atoms with E-state index in [1.807, 2.05) is 0 Å². The van der Waals surface area contributed by atoms with Crippen molar-refractivity contribution in [3.63, 3.8) is 0 Å². The summed E-state index contributed by atoms with van der Waals surface area (Å²) in [6.07, 6.45) is 2.10. The van der Waals surface area contributed by atoms with Gasteiger partial charge in [-0.1, -0.05) is 0 Å². The number of amidine groups is 1. The fraction of sp³-hybridized carbons (Fsp3) is 0.714. The number of nitrogens with one attached hydrogen (secondary N) is 2. The Morgan fingerprint density at radius 1 is 1.50 bits per heavy atom. The molecule has 0 aromatic rings. The largest absolute Gasteiger partial charge is 0.468 e. The predicted octanol–water partition coefficient (Wildman–Crippen LogP) is 0.373. The highest BCUT2D eigenvalue weighted by Crippen LogP contribution is 2.06. The van der Waals surface area contributed by atoms with Gasteiger partial charge in [0.2, 0.25) is 0 Å². The van der Waals surface area contributed by atoms with Crippen LogP contribution in [0, 0.1) is 5.41 Å². The quantitative estimate of drug-likeness (QED) is 0.408. The number of carbonyl (C=O) groups is 1. The number of urea groups is 1. The summed E-state index contributed by atoms with van der Waals surface area (Å²) < 4.78 is 4.51. The van der Waals surface area contributed by atoms with Crippen molar-refractivity contribution in [3.8, 4) is 0 Å². The standard InChI is InChI=1S/C7H13N3O2/c1-12-6(8)9-7(11)10-4-2-3-5-10/h2-5H2,1H3,(H2,8,9,11). The lowest BCUT2D eigenvalue weighted by Gasteiger charge is -2.15. The first kappa shape index (κ1) is 8.83. The molecule has 0 bridgehead atoms. The van der Waals surface area contributed by atoms with Gasteiger partial charge in [0.25, 0.3) is 6.02 Å². The Labute approximate surface area is 71.2 Å². The van der Waals surface area contributed by atoms with Crippen LogP contribution in [0.2, 0.25) is 0 Å². The van der Waals surface area contributed by atoms with E-state index in [0.29, 0.717) is 0 Å². The van der Waals surface area contributed by atoms with Gasteiger partial charge in [-0.3, -0.25) is 10.7 Å². The van der Waals surface area contributed by atoms with Gasteiger partial charge >= 0.3 is 6.03 Å². The SMILES string of the molecule is COC(=N)NC(=O)N1CCCC1. The topological polar surface area (TPSA) is 65.4 Å². The number of amides is 2. The summed E-state index contributed by atoms with van der Waals surface area (Å²) in [4.78, 5) is 12.9. The summed E-state index contributed by atoms with van der Waals surface area (Å²) in [7, 11) is 1.35. The van der Waals surface area contributed by atoms with Gasteiger partial charge in [0.05, 0.1) is 7.11 Å². The Bertz CT molecular complexity index is 187. The summed E-state index contributed by atoms with van der Waals surface area (Å²) in [6.45, 7) is 1.56. The highest BCUT2D eigenvalue weighted by atomic mass is 16.5. The molecule has 1 rings (SSSR count). The van der Waals surface area contributed by atoms with Gasteiger partial charge in [0, 0.05) is 13.1 Å². The number of likely N-dealkylation sites (tertiary alicyclic amines) is 1. The van der Waals surface area contributed by atoms with Crippen LogP contribution in [0.4, 0.5) is 4.79 Å². The number of carbonyl (C=O) groups excluding carboxylic acids is 1. The van der Waals surface area contributed by atoms with Crippen LogP contribution >= 0.6 is 0 Å². The highest BCUT2D eigenvalue weighted by Gasteiger charge is 2.18. The van der Waals surface area contributed by atoms with Crippen LogP contribution in [0.25, 0.3) is 0 Å². The molecule has 12 heavy (non-hydrogen) atoms. The zero-order chi connectivity index (χ0) is 8.97. The molecule has 68 valence electrons. The minimum absolute atomic E-state index is 0.202. The number of methoxy groups -OCH3 is 1. The maximum atomic E-state index is 11.2. The second kappa shape index (κ2) is 3.94. The van der Waals surface area contributed by atoms with Crippen molar-refractivity contribution < 1.29 is 9.53 Å². The molecule has 1 saturated heterocycles. The predicted molar refractivity (Wildman–Crippen MR) is 44.1 cm³/mol. The van der Waals surface area contributed by atoms with Crippen LogP contribution < -0.4 is 5.32 Å². The third-order valence-electron chi connectivity index (χ3n) is 1.82. The summed E-state index contributed by atoms with van der Waals surface area (Å²) in [5.41, 5.74) is 0. The molecule has 0 spiro atoms. The van der Waals surface area contributed by atoms with Crippen LogP contribution in [-0.2, 0) is 4.74 Å². The van der Waals surface area contributed by atoms with Gasteiger partial charge in [-0.05, 0) is 12.8 Å². The maximum Gasteiger partial charge on any atom is 0.325 e. The molecule has 0 aromatic carbocycles. The lowest BCUT2D eigenvalue weighted by molar-refractivity contribution is 0.211. The lowest BCUT2D eigenvalue weighted by Crippen LogP contribution is -2.41. The zero-order valence-corrected chi connectivity index (χ0v) is 7.09. The van der Waals surface area contributed by atoms with Gasteiger partial charge < -0.3 is 9.64 Å². The average molecular weight is 171 g/mol. The molecule has 0 aromatic heterocycles. The number of hydrogen-bond acceptors (Lipinski definition) is 3. The van der Waals surface area contributed by atoms with Crippen molar-refractivity contribution >= 4 is 12.1 Å². The van der Waals surface area contributed by atoms with Gasteiger partial charge in [-0.15, -0.1) is 0 Å². The zero-order valence-electron chi connectivity index (χ0n) is 7.09. The highest BCUT2D eigenvalue weighted by molar-refractivity contribution is 5.91. The van der Waals surface area contributed by atoms with Crippen molar-refractivity contribution in [3.05, 3.63) is 0 Å². The third kappa shape index (κ3) is 2.11. The van der Waals surface area contributed by atoms with E-state index in [2.05, 4.69) is 10.1 Å². The molecule has 0 saturated carbocycles. The second-order valence-corrected chi connectivity index (χ2v) is 2.66. The normalized spacial score (nSPS) is 15.9. The molecule has 1 heterocycles. The van der Waals surface area contributed by atoms with Crippen LogP contribution in [0.15, 0.2) is 0 Å². The molecule has 5 heteroatoms. The first-order valence-corrected chi connectivity index (χ1v) is 3.92. The Morgan fingerprint density at radius 3 is 2.58 bits per heavy atom. The van der Waals surface area contributed by atoms with Gasteiger partial charge in [0.15, 0.2) is 0 Å². The third-order valence-corrected chi connectivity index (χ3v) is 1.82. The van der Waals surface area contributed by atoms with Crippen molar-refractivity contribution in [1.82, 2.24) is 10.2 Å². The Kier molecular flexibility index (Phi) is 2.90. The summed E-state index contributed by atoms with van der Waals surface area (Å²) in [5.74, 6) is 0. The molecule has 2 N–H and O–H groups in total. The van der Waals surface area contributed by atoms with E-state index in [0.717, 1.165) is 25.9 Å². The fourth-order valence-electron chi connectivity index (χ4n) is 1.15. The monoisotopic (exact) mass is 171 g/mol. The Morgan fingerprint density at radius 2 is 2.08 bits per heavy atom. The smallest absolute Gasteiger partial charge is 0.325 e. The van der Waals surface area contributed by atoms with Gasteiger partial charge in [-0.2, -0.15) is 0 Å². The van der Waals surface area contributed by atoms with Crippen molar-refractivity contribution in [2.24, 2.45) is 0 Å². The molecule has 0 radical (unpaired) electrons. The molecule has 1 aliphatic heterocycles. The molecular weight excluding hydrogens is 158 g/mol. The molecule has 1 aliphatic rings. The number of hydrogen-bond donors (Lipinski definition) is 2. The number of nitrogens with zero attached hydrogens (tertiary/aromatic N) is 1. The number of rotatable bonds is 0. The summed E-state index contributed by atoms with van der Waals surface area (Å²) in [5, 5.41) is 9.37. The van der Waals surface area contributed by atoms with Crippen molar-refractivity contribution in [1.29, 1.82) is 5.41 Å². The van der Waals surface area contributed by atoms with E-state index in [-0.39, 0.29) is 12.1 Å². The van der Waals surface area contributed by atoms with E-state index in [1.54, 1.807) is 4.90 Å². The van der Waals surface area contributed by atoms with Gasteiger partial charge in [-0.25, -0.2) is 4.79 Å². The first-order chi connectivity index (χ1) is 5.74. The summed E-state index contributed by atoms with van der Waals surface area (Å²) >= 11 is 0. The second-order valence-electron chi connectivity index (χ2n) is 2.66. The lowest BCUT2D eigenvalue weighted by atomic mass is 10.4. The Balaban J connectivity index is 2.32. The van der Waals surface area contributed by atoms with Crippen molar-refractivity contribution in [2.75, 3.05) is 20.2 Å². The number of ether oxygens (including phenoxy) is 1. The van der Waals surface area contributed by atoms with Crippen LogP contribution in [0.5, 0.6) is 0 Å². The van der Waals surface area contributed by atoms with Crippen LogP contribution in [0.1, 0.15) is 12.8 Å². The van der Waals surface area contributed by atoms with E-state index >= 15 is 0 Å². The fourth-order valence-corrected chi connectivity index (χ4v) is 1.15. The molecule has 1 fully saturated rings. The van der Waals surface area contributed by atoms with E-state index < -0.39 is 0 Å². The van der Waals surface area contributed by atoms with E-state index in [9.17, 15) is 4.79 Å². The first-order valence-electron chi connectivity index (χ1n) is 3.92. The van der Waals surface area contributed by atoms with E-state index in [1.165, 1.54) is 7.11 Å². The molecular formula is C7H13N3O2. The van der Waals surface area contributed by atoms with Crippen molar-refractivity contribution in [2.45, 2.75) is 12.8 Å². The maximum absolute atomic E-state index is 11.2. The summed E-state index contributed by atoms with van der Waals surface area (Å²) in [6, 6.07) is -0.439. The Hall–Kier alpha value is -1.26. The minimum Gasteiger partial charge on any atom is -0.468 e. The molecule has 0 atom stereocenters. The minimum atomic E-state index is -0.237. The van der Waals surface area contributed by atoms with Crippen LogP contribution in [-0.4, -0.2) is 37.2 Å². The molecule has 5 nitrogen and oxygen atoms in total. The molecule has 0 unspecified atom stereocenters. The van der Waals surface area contributed by atoms with Crippen LogP contribution in [0.3, 0.4) is 0 Å². The molecule has 0 aliphatic carbocycles. The average Bonchev–Trinajstić information content (AvgIpc) is 2.56. The molecule has 2 amide bonds. The van der Waals surface area contributed by atoms with E-state index in [4.69, 9.17) is 5.41 Å². The van der Waals surface area contributed by atoms with Gasteiger partial charge in [0.1, 0.15) is 0 Å².